The molecule has 1 aromatic carbocycles. The van der Waals surface area contributed by atoms with Crippen molar-refractivity contribution in [1.29, 1.82) is 0 Å². The number of carboxylic acids is 1. The molecule has 0 aliphatic rings. The second kappa shape index (κ2) is 6.78. The van der Waals surface area contributed by atoms with Crippen LogP contribution in [0.5, 0.6) is 0 Å². The van der Waals surface area contributed by atoms with Gasteiger partial charge >= 0.3 is 5.97 Å². The van der Waals surface area contributed by atoms with Crippen LogP contribution in [0, 0.1) is 5.82 Å². The Kier molecular flexibility index (Phi) is 5.03. The summed E-state index contributed by atoms with van der Waals surface area (Å²) in [4.78, 5) is 16.5. The Bertz CT molecular complexity index is 642. The molecule has 0 fully saturated rings. The zero-order valence-electron chi connectivity index (χ0n) is 11.9. The van der Waals surface area contributed by atoms with Gasteiger partial charge in [0.25, 0.3) is 0 Å². The van der Waals surface area contributed by atoms with Crippen LogP contribution < -0.4 is 5.32 Å². The number of aryl methyl sites for hydroxylation is 1. The van der Waals surface area contributed by atoms with Gasteiger partial charge in [0.15, 0.2) is 0 Å². The summed E-state index contributed by atoms with van der Waals surface area (Å²) in [5.74, 6) is -1.47. The van der Waals surface area contributed by atoms with E-state index in [1.807, 2.05) is 13.1 Å². The second-order valence-corrected chi connectivity index (χ2v) is 5.88. The van der Waals surface area contributed by atoms with Gasteiger partial charge in [0.1, 0.15) is 10.8 Å². The van der Waals surface area contributed by atoms with Gasteiger partial charge in [0.2, 0.25) is 0 Å². The van der Waals surface area contributed by atoms with E-state index in [4.69, 9.17) is 5.11 Å². The second-order valence-electron chi connectivity index (χ2n) is 4.73. The Morgan fingerprint density at radius 2 is 2.29 bits per heavy atom. The first kappa shape index (κ1) is 15.6. The van der Waals surface area contributed by atoms with E-state index in [9.17, 15) is 9.18 Å². The Morgan fingerprint density at radius 3 is 2.90 bits per heavy atom. The van der Waals surface area contributed by atoms with Crippen LogP contribution in [0.4, 0.5) is 4.39 Å². The minimum atomic E-state index is -1.06. The molecule has 2 aromatic rings. The maximum absolute atomic E-state index is 13.7. The van der Waals surface area contributed by atoms with Crippen LogP contribution in [-0.2, 0) is 13.0 Å². The summed E-state index contributed by atoms with van der Waals surface area (Å²) in [6.07, 6.45) is 2.80. The molecule has 0 spiro atoms. The van der Waals surface area contributed by atoms with E-state index < -0.39 is 11.8 Å². The molecule has 0 radical (unpaired) electrons. The van der Waals surface area contributed by atoms with Crippen molar-refractivity contribution in [3.05, 3.63) is 51.2 Å². The van der Waals surface area contributed by atoms with Crippen LogP contribution in [0.3, 0.4) is 0 Å². The van der Waals surface area contributed by atoms with E-state index in [0.29, 0.717) is 5.56 Å². The third kappa shape index (κ3) is 3.86. The highest BCUT2D eigenvalue weighted by atomic mass is 32.1. The van der Waals surface area contributed by atoms with Crippen LogP contribution in [-0.4, -0.2) is 16.1 Å². The van der Waals surface area contributed by atoms with Crippen molar-refractivity contribution < 1.29 is 14.3 Å². The van der Waals surface area contributed by atoms with E-state index in [0.717, 1.165) is 11.4 Å². The molecule has 1 heterocycles. The van der Waals surface area contributed by atoms with E-state index in [-0.39, 0.29) is 18.2 Å². The van der Waals surface area contributed by atoms with Crippen LogP contribution in [0.1, 0.15) is 45.7 Å². The van der Waals surface area contributed by atoms with Crippen molar-refractivity contribution in [2.75, 3.05) is 0 Å². The molecule has 0 amide bonds. The Balaban J connectivity index is 2.05. The third-order valence-corrected chi connectivity index (χ3v) is 4.51. The third-order valence-electron chi connectivity index (χ3n) is 3.18. The van der Waals surface area contributed by atoms with Crippen molar-refractivity contribution in [1.82, 2.24) is 10.3 Å². The number of carboxylic acid groups (broad SMARTS) is 1. The van der Waals surface area contributed by atoms with Gasteiger partial charge in [-0.25, -0.2) is 14.2 Å². The van der Waals surface area contributed by atoms with Crippen molar-refractivity contribution in [3.8, 4) is 0 Å². The first-order chi connectivity index (χ1) is 10.0. The molecule has 2 N–H and O–H groups in total. The average molecular weight is 308 g/mol. The minimum Gasteiger partial charge on any atom is -0.478 e. The van der Waals surface area contributed by atoms with E-state index in [1.165, 1.54) is 23.1 Å². The quantitative estimate of drug-likeness (QED) is 0.858. The van der Waals surface area contributed by atoms with Gasteiger partial charge in [0, 0.05) is 23.2 Å². The zero-order chi connectivity index (χ0) is 15.4. The molecule has 112 valence electrons. The highest BCUT2D eigenvalue weighted by Crippen LogP contribution is 2.21. The summed E-state index contributed by atoms with van der Waals surface area (Å²) < 4.78 is 13.7. The number of nitrogens with one attached hydrogen (secondary N) is 1. The molecular formula is C15H17FN2O2S. The van der Waals surface area contributed by atoms with Crippen LogP contribution in [0.25, 0.3) is 0 Å². The van der Waals surface area contributed by atoms with Crippen molar-refractivity contribution in [2.45, 2.75) is 32.9 Å². The first-order valence-corrected chi connectivity index (χ1v) is 7.52. The van der Waals surface area contributed by atoms with Gasteiger partial charge in [-0.05, 0) is 31.5 Å². The molecule has 4 nitrogen and oxygen atoms in total. The number of carbonyl (C=O) groups is 1. The average Bonchev–Trinajstić information content (AvgIpc) is 2.94. The zero-order valence-corrected chi connectivity index (χ0v) is 12.7. The molecular weight excluding hydrogens is 291 g/mol. The Labute approximate surface area is 126 Å². The van der Waals surface area contributed by atoms with Gasteiger partial charge in [-0.1, -0.05) is 6.92 Å². The molecule has 0 bridgehead atoms. The summed E-state index contributed by atoms with van der Waals surface area (Å²) in [5.41, 5.74) is 0.428. The molecule has 0 aliphatic carbocycles. The molecule has 21 heavy (non-hydrogen) atoms. The fourth-order valence-electron chi connectivity index (χ4n) is 1.88. The number of hydrogen-bond donors (Lipinski definition) is 2. The predicted molar refractivity (Wildman–Crippen MR) is 80.1 cm³/mol. The summed E-state index contributed by atoms with van der Waals surface area (Å²) in [6.45, 7) is 4.29. The van der Waals surface area contributed by atoms with E-state index >= 15 is 0 Å². The van der Waals surface area contributed by atoms with Crippen LogP contribution in [0.2, 0.25) is 0 Å². The fraction of sp³-hybridized carbons (Fsp3) is 0.333. The number of aromatic carboxylic acids is 1. The van der Waals surface area contributed by atoms with Gasteiger partial charge < -0.3 is 10.4 Å². The number of halogens is 1. The largest absolute Gasteiger partial charge is 0.478 e. The lowest BCUT2D eigenvalue weighted by atomic mass is 10.1. The van der Waals surface area contributed by atoms with Gasteiger partial charge in [-0.3, -0.25) is 0 Å². The van der Waals surface area contributed by atoms with Crippen molar-refractivity contribution in [2.24, 2.45) is 0 Å². The Morgan fingerprint density at radius 1 is 1.52 bits per heavy atom. The Hall–Kier alpha value is -1.79. The van der Waals surface area contributed by atoms with E-state index in [1.54, 1.807) is 11.3 Å². The topological polar surface area (TPSA) is 62.2 Å². The molecule has 0 aliphatic heterocycles. The fourth-order valence-corrected chi connectivity index (χ4v) is 2.76. The normalized spacial score (nSPS) is 12.3. The lowest BCUT2D eigenvalue weighted by molar-refractivity contribution is 0.0696. The molecule has 1 atom stereocenters. The predicted octanol–water partition coefficient (Wildman–Crippen LogP) is 3.39. The number of aromatic nitrogens is 1. The number of hydrogen-bond acceptors (Lipinski definition) is 4. The van der Waals surface area contributed by atoms with Gasteiger partial charge in [-0.2, -0.15) is 0 Å². The molecule has 1 unspecified atom stereocenters. The first-order valence-electron chi connectivity index (χ1n) is 6.71. The minimum absolute atomic E-state index is 0.0109. The highest BCUT2D eigenvalue weighted by Gasteiger charge is 2.12. The highest BCUT2D eigenvalue weighted by molar-refractivity contribution is 7.11. The summed E-state index contributed by atoms with van der Waals surface area (Å²) >= 11 is 1.63. The summed E-state index contributed by atoms with van der Waals surface area (Å²) in [5, 5.41) is 13.1. The monoisotopic (exact) mass is 308 g/mol. The van der Waals surface area contributed by atoms with Gasteiger partial charge in [-0.15, -0.1) is 11.3 Å². The molecule has 1 aromatic heterocycles. The number of nitrogens with zero attached hydrogens (tertiary/aromatic N) is 1. The summed E-state index contributed by atoms with van der Waals surface area (Å²) in [6, 6.07) is 3.79. The molecule has 6 heteroatoms. The smallest absolute Gasteiger partial charge is 0.335 e. The SMILES string of the molecule is CCc1cnc(C(C)NCc2cc(C(=O)O)ccc2F)s1. The van der Waals surface area contributed by atoms with E-state index in [2.05, 4.69) is 17.2 Å². The lowest BCUT2D eigenvalue weighted by Gasteiger charge is -2.12. The number of benzene rings is 1. The molecule has 2 rings (SSSR count). The maximum atomic E-state index is 13.7. The number of rotatable bonds is 6. The van der Waals surface area contributed by atoms with Crippen molar-refractivity contribution >= 4 is 17.3 Å². The molecule has 0 saturated heterocycles. The van der Waals surface area contributed by atoms with Crippen molar-refractivity contribution in [3.63, 3.8) is 0 Å². The lowest BCUT2D eigenvalue weighted by Crippen LogP contribution is -2.19. The van der Waals surface area contributed by atoms with Crippen LogP contribution in [0.15, 0.2) is 24.4 Å². The van der Waals surface area contributed by atoms with Gasteiger partial charge in [0.05, 0.1) is 11.6 Å². The standard InChI is InChI=1S/C15H17FN2O2S/c1-3-12-8-18-14(21-12)9(2)17-7-11-6-10(15(19)20)4-5-13(11)16/h4-6,8-9,17H,3,7H2,1-2H3,(H,19,20). The van der Waals surface area contributed by atoms with Crippen LogP contribution >= 0.6 is 11.3 Å². The maximum Gasteiger partial charge on any atom is 0.335 e. The number of thiazole rings is 1. The molecule has 0 saturated carbocycles. The summed E-state index contributed by atoms with van der Waals surface area (Å²) in [7, 11) is 0.